The van der Waals surface area contributed by atoms with Crippen molar-refractivity contribution in [3.05, 3.63) is 15.6 Å². The fourth-order valence-electron chi connectivity index (χ4n) is 3.39. The number of aromatic nitrogens is 1. The van der Waals surface area contributed by atoms with Crippen molar-refractivity contribution >= 4 is 11.3 Å². The third kappa shape index (κ3) is 3.85. The maximum absolute atomic E-state index is 5.49. The molecule has 3 nitrogen and oxygen atoms in total. The Labute approximate surface area is 132 Å². The van der Waals surface area contributed by atoms with Crippen molar-refractivity contribution in [3.63, 3.8) is 0 Å². The van der Waals surface area contributed by atoms with E-state index in [0.29, 0.717) is 11.8 Å². The Morgan fingerprint density at radius 1 is 1.29 bits per heavy atom. The van der Waals surface area contributed by atoms with Crippen LogP contribution in [0.4, 0.5) is 0 Å². The Bertz CT molecular complexity index is 452. The maximum atomic E-state index is 5.49. The lowest BCUT2D eigenvalue weighted by Gasteiger charge is -2.22. The maximum Gasteiger partial charge on any atom is 0.0963 e. The van der Waals surface area contributed by atoms with Crippen LogP contribution in [0.3, 0.4) is 0 Å². The Balaban J connectivity index is 1.67. The van der Waals surface area contributed by atoms with Crippen molar-refractivity contribution in [2.45, 2.75) is 57.8 Å². The van der Waals surface area contributed by atoms with Gasteiger partial charge in [0.05, 0.1) is 10.7 Å². The lowest BCUT2D eigenvalue weighted by Crippen LogP contribution is -2.27. The summed E-state index contributed by atoms with van der Waals surface area (Å²) in [6.45, 7) is 8.57. The molecule has 1 fully saturated rings. The molecule has 1 aromatic rings. The summed E-state index contributed by atoms with van der Waals surface area (Å²) in [6.07, 6.45) is 6.19. The third-order valence-electron chi connectivity index (χ3n) is 4.60. The molecule has 0 spiro atoms. The average molecular weight is 308 g/mol. The van der Waals surface area contributed by atoms with Gasteiger partial charge in [0.15, 0.2) is 0 Å². The van der Waals surface area contributed by atoms with Gasteiger partial charge < -0.3 is 10.1 Å². The molecule has 1 N–H and O–H groups in total. The van der Waals surface area contributed by atoms with Crippen molar-refractivity contribution in [2.75, 3.05) is 26.3 Å². The molecule has 0 bridgehead atoms. The van der Waals surface area contributed by atoms with Gasteiger partial charge in [-0.05, 0) is 44.6 Å². The number of hydrogen-bond donors (Lipinski definition) is 1. The van der Waals surface area contributed by atoms with E-state index in [1.165, 1.54) is 30.0 Å². The number of rotatable bonds is 5. The number of thiazole rings is 1. The minimum Gasteiger partial charge on any atom is -0.381 e. The molecule has 1 aliphatic heterocycles. The highest BCUT2D eigenvalue weighted by molar-refractivity contribution is 7.11. The van der Waals surface area contributed by atoms with Gasteiger partial charge in [-0.25, -0.2) is 4.98 Å². The second kappa shape index (κ2) is 7.21. The largest absolute Gasteiger partial charge is 0.381 e. The number of nitrogens with one attached hydrogen (secondary N) is 1. The normalized spacial score (nSPS) is 23.5. The molecule has 3 rings (SSSR count). The van der Waals surface area contributed by atoms with Crippen LogP contribution >= 0.6 is 11.3 Å². The van der Waals surface area contributed by atoms with Crippen LogP contribution < -0.4 is 5.32 Å². The third-order valence-corrected chi connectivity index (χ3v) is 5.89. The molecule has 2 aliphatic rings. The highest BCUT2D eigenvalue weighted by Gasteiger charge is 2.27. The Kier molecular flexibility index (Phi) is 5.30. The molecule has 0 amide bonds. The van der Waals surface area contributed by atoms with E-state index < -0.39 is 0 Å². The summed E-state index contributed by atoms with van der Waals surface area (Å²) in [7, 11) is 0. The van der Waals surface area contributed by atoms with E-state index in [0.717, 1.165) is 45.1 Å². The molecule has 0 radical (unpaired) electrons. The molecule has 21 heavy (non-hydrogen) atoms. The smallest absolute Gasteiger partial charge is 0.0963 e. The first-order valence-electron chi connectivity index (χ1n) is 8.52. The summed E-state index contributed by atoms with van der Waals surface area (Å²) in [5.41, 5.74) is 1.42. The van der Waals surface area contributed by atoms with Gasteiger partial charge in [0, 0.05) is 36.5 Å². The van der Waals surface area contributed by atoms with E-state index in [9.17, 15) is 0 Å². The van der Waals surface area contributed by atoms with Gasteiger partial charge in [0.1, 0.15) is 0 Å². The van der Waals surface area contributed by atoms with Crippen molar-refractivity contribution in [2.24, 2.45) is 5.92 Å². The van der Waals surface area contributed by atoms with E-state index >= 15 is 0 Å². The fraction of sp³-hybridized carbons (Fsp3) is 0.824. The minimum atomic E-state index is 0.636. The topological polar surface area (TPSA) is 34.1 Å². The number of fused-ring (bicyclic) bond motifs is 1. The molecule has 0 saturated carbocycles. The highest BCUT2D eigenvalue weighted by Crippen LogP contribution is 2.38. The molecule has 0 aromatic carbocycles. The van der Waals surface area contributed by atoms with Crippen LogP contribution in [0.25, 0.3) is 0 Å². The van der Waals surface area contributed by atoms with Gasteiger partial charge in [-0.3, -0.25) is 0 Å². The first-order chi connectivity index (χ1) is 10.2. The van der Waals surface area contributed by atoms with Gasteiger partial charge in [-0.2, -0.15) is 0 Å². The van der Waals surface area contributed by atoms with Crippen molar-refractivity contribution in [1.82, 2.24) is 10.3 Å². The Morgan fingerprint density at radius 3 is 2.86 bits per heavy atom. The van der Waals surface area contributed by atoms with E-state index in [-0.39, 0.29) is 0 Å². The summed E-state index contributed by atoms with van der Waals surface area (Å²) in [5, 5.41) is 5.02. The van der Waals surface area contributed by atoms with Gasteiger partial charge in [-0.15, -0.1) is 11.3 Å². The second-order valence-electron chi connectivity index (χ2n) is 6.89. The zero-order valence-corrected chi connectivity index (χ0v) is 14.2. The van der Waals surface area contributed by atoms with Crippen LogP contribution in [-0.4, -0.2) is 31.3 Å². The summed E-state index contributed by atoms with van der Waals surface area (Å²) in [4.78, 5) is 6.65. The molecule has 1 unspecified atom stereocenters. The highest BCUT2D eigenvalue weighted by atomic mass is 32.1. The summed E-state index contributed by atoms with van der Waals surface area (Å²) in [5.74, 6) is 2.01. The lowest BCUT2D eigenvalue weighted by molar-refractivity contribution is 0.0852. The molecule has 1 atom stereocenters. The lowest BCUT2D eigenvalue weighted by atomic mass is 9.90. The number of nitrogens with zero attached hydrogens (tertiary/aromatic N) is 1. The van der Waals surface area contributed by atoms with E-state index in [2.05, 4.69) is 19.2 Å². The van der Waals surface area contributed by atoms with Gasteiger partial charge >= 0.3 is 0 Å². The number of aryl methyl sites for hydroxylation is 1. The minimum absolute atomic E-state index is 0.636. The van der Waals surface area contributed by atoms with Gasteiger partial charge in [0.2, 0.25) is 0 Å². The summed E-state index contributed by atoms with van der Waals surface area (Å²) < 4.78 is 5.49. The fourth-order valence-corrected chi connectivity index (χ4v) is 4.75. The van der Waals surface area contributed by atoms with Crippen LogP contribution in [0.5, 0.6) is 0 Å². The van der Waals surface area contributed by atoms with Crippen LogP contribution in [0.2, 0.25) is 0 Å². The van der Waals surface area contributed by atoms with Crippen molar-refractivity contribution < 1.29 is 4.74 Å². The number of ether oxygens (including phenoxy) is 1. The standard InChI is InChI=1S/C17H28N2OS/c1-12(2)10-18-11-14-4-3-5-15-16(14)19-17(21-15)13-6-8-20-9-7-13/h12-14,18H,3-11H2,1-2H3. The van der Waals surface area contributed by atoms with Gasteiger partial charge in [0.25, 0.3) is 0 Å². The molecule has 1 saturated heterocycles. The SMILES string of the molecule is CC(C)CNCC1CCCc2sc(C3CCOCC3)nc21. The molecule has 2 heterocycles. The zero-order chi connectivity index (χ0) is 14.7. The van der Waals surface area contributed by atoms with Crippen LogP contribution in [0.15, 0.2) is 0 Å². The molecule has 1 aliphatic carbocycles. The molecular weight excluding hydrogens is 280 g/mol. The predicted molar refractivity (Wildman–Crippen MR) is 88.3 cm³/mol. The number of hydrogen-bond acceptors (Lipinski definition) is 4. The Hall–Kier alpha value is -0.450. The van der Waals surface area contributed by atoms with Crippen LogP contribution in [-0.2, 0) is 11.2 Å². The van der Waals surface area contributed by atoms with E-state index in [4.69, 9.17) is 9.72 Å². The monoisotopic (exact) mass is 308 g/mol. The van der Waals surface area contributed by atoms with Crippen LogP contribution in [0, 0.1) is 5.92 Å². The predicted octanol–water partition coefficient (Wildman–Crippen LogP) is 3.70. The zero-order valence-electron chi connectivity index (χ0n) is 13.4. The summed E-state index contributed by atoms with van der Waals surface area (Å²) in [6, 6.07) is 0. The molecular formula is C17H28N2OS. The molecule has 1 aromatic heterocycles. The molecule has 4 heteroatoms. The van der Waals surface area contributed by atoms with E-state index in [1.54, 1.807) is 4.88 Å². The average Bonchev–Trinajstić information content (AvgIpc) is 2.93. The first kappa shape index (κ1) is 15.4. The summed E-state index contributed by atoms with van der Waals surface area (Å²) >= 11 is 1.99. The van der Waals surface area contributed by atoms with Crippen molar-refractivity contribution in [3.8, 4) is 0 Å². The van der Waals surface area contributed by atoms with Gasteiger partial charge in [-0.1, -0.05) is 13.8 Å². The van der Waals surface area contributed by atoms with Crippen LogP contribution in [0.1, 0.15) is 66.9 Å². The Morgan fingerprint density at radius 2 is 2.10 bits per heavy atom. The van der Waals surface area contributed by atoms with E-state index in [1.807, 2.05) is 11.3 Å². The second-order valence-corrected chi connectivity index (χ2v) is 8.00. The molecule has 118 valence electrons. The quantitative estimate of drug-likeness (QED) is 0.900. The first-order valence-corrected chi connectivity index (χ1v) is 9.33. The van der Waals surface area contributed by atoms with Crippen molar-refractivity contribution in [1.29, 1.82) is 0 Å².